The predicted molar refractivity (Wildman–Crippen MR) is 66.1 cm³/mol. The molecule has 1 heterocycles. The van der Waals surface area contributed by atoms with E-state index in [2.05, 4.69) is 13.8 Å². The number of morpholine rings is 1. The van der Waals surface area contributed by atoms with Gasteiger partial charge in [0.2, 0.25) is 0 Å². The van der Waals surface area contributed by atoms with E-state index in [0.29, 0.717) is 39.5 Å². The number of hydrogen-bond acceptors (Lipinski definition) is 3. The highest BCUT2D eigenvalue weighted by atomic mass is 16.5. The number of ether oxygens (including phenoxy) is 2. The molecule has 0 aromatic carbocycles. The summed E-state index contributed by atoms with van der Waals surface area (Å²) in [6, 6.07) is 0.361. The summed E-state index contributed by atoms with van der Waals surface area (Å²) in [7, 11) is 1.66. The monoisotopic (exact) mass is 244 g/mol. The molecule has 100 valence electrons. The lowest BCUT2D eigenvalue weighted by atomic mass is 10.2. The Morgan fingerprint density at radius 2 is 2.12 bits per heavy atom. The molecule has 0 aromatic heterocycles. The summed E-state index contributed by atoms with van der Waals surface area (Å²) in [5.41, 5.74) is 0. The summed E-state index contributed by atoms with van der Waals surface area (Å²) in [6.45, 7) is 8.08. The molecule has 1 unspecified atom stereocenters. The highest BCUT2D eigenvalue weighted by Gasteiger charge is 2.25. The molecule has 0 aliphatic carbocycles. The van der Waals surface area contributed by atoms with Gasteiger partial charge in [-0.25, -0.2) is 4.79 Å². The van der Waals surface area contributed by atoms with Crippen molar-refractivity contribution in [1.29, 1.82) is 0 Å². The van der Waals surface area contributed by atoms with E-state index >= 15 is 0 Å². The smallest absolute Gasteiger partial charge is 0.320 e. The lowest BCUT2D eigenvalue weighted by Crippen LogP contribution is -2.51. The largest absolute Gasteiger partial charge is 0.383 e. The summed E-state index contributed by atoms with van der Waals surface area (Å²) >= 11 is 0. The summed E-state index contributed by atoms with van der Waals surface area (Å²) in [5, 5.41) is 0. The third-order valence-corrected chi connectivity index (χ3v) is 3.19. The van der Waals surface area contributed by atoms with Crippen molar-refractivity contribution in [2.75, 3.05) is 46.6 Å². The van der Waals surface area contributed by atoms with Crippen molar-refractivity contribution in [2.24, 2.45) is 0 Å². The van der Waals surface area contributed by atoms with Crippen LogP contribution in [0.3, 0.4) is 0 Å². The van der Waals surface area contributed by atoms with E-state index in [9.17, 15) is 4.79 Å². The Morgan fingerprint density at radius 1 is 1.47 bits per heavy atom. The van der Waals surface area contributed by atoms with E-state index in [4.69, 9.17) is 9.47 Å². The van der Waals surface area contributed by atoms with Gasteiger partial charge in [-0.2, -0.15) is 0 Å². The Morgan fingerprint density at radius 3 is 2.65 bits per heavy atom. The van der Waals surface area contributed by atoms with Crippen LogP contribution in [-0.4, -0.2) is 68.4 Å². The number of hydrogen-bond donors (Lipinski definition) is 0. The van der Waals surface area contributed by atoms with Gasteiger partial charge in [0, 0.05) is 32.8 Å². The fourth-order valence-electron chi connectivity index (χ4n) is 1.85. The molecule has 2 amide bonds. The molecule has 0 bridgehead atoms. The van der Waals surface area contributed by atoms with Gasteiger partial charge in [0.1, 0.15) is 0 Å². The molecule has 1 aliphatic rings. The molecule has 5 nitrogen and oxygen atoms in total. The van der Waals surface area contributed by atoms with E-state index in [1.54, 1.807) is 7.11 Å². The Bertz CT molecular complexity index is 230. The lowest BCUT2D eigenvalue weighted by Gasteiger charge is -2.35. The number of amides is 2. The van der Waals surface area contributed by atoms with Crippen molar-refractivity contribution in [3.05, 3.63) is 0 Å². The van der Waals surface area contributed by atoms with Crippen molar-refractivity contribution in [2.45, 2.75) is 26.3 Å². The van der Waals surface area contributed by atoms with Crippen molar-refractivity contribution >= 4 is 6.03 Å². The molecule has 0 aromatic rings. The first-order chi connectivity index (χ1) is 8.20. The van der Waals surface area contributed by atoms with E-state index in [1.807, 2.05) is 9.80 Å². The number of rotatable bonds is 5. The molecule has 1 atom stereocenters. The van der Waals surface area contributed by atoms with E-state index in [0.717, 1.165) is 6.42 Å². The lowest BCUT2D eigenvalue weighted by molar-refractivity contribution is 0.0363. The van der Waals surface area contributed by atoms with Crippen LogP contribution in [-0.2, 0) is 9.47 Å². The van der Waals surface area contributed by atoms with Gasteiger partial charge < -0.3 is 19.3 Å². The van der Waals surface area contributed by atoms with E-state index in [-0.39, 0.29) is 12.1 Å². The second-order valence-electron chi connectivity index (χ2n) is 4.33. The van der Waals surface area contributed by atoms with Crippen LogP contribution in [0.1, 0.15) is 20.3 Å². The van der Waals surface area contributed by atoms with Crippen molar-refractivity contribution in [3.8, 4) is 0 Å². The van der Waals surface area contributed by atoms with Crippen LogP contribution in [0, 0.1) is 0 Å². The van der Waals surface area contributed by atoms with Crippen LogP contribution in [0.15, 0.2) is 0 Å². The highest BCUT2D eigenvalue weighted by Crippen LogP contribution is 2.09. The van der Waals surface area contributed by atoms with Crippen LogP contribution in [0.5, 0.6) is 0 Å². The highest BCUT2D eigenvalue weighted by molar-refractivity contribution is 5.74. The van der Waals surface area contributed by atoms with E-state index < -0.39 is 0 Å². The molecule has 0 radical (unpaired) electrons. The SMILES string of the molecule is CCC(C)N(CCOC)C(=O)N1CCOCC1. The number of nitrogens with zero attached hydrogens (tertiary/aromatic N) is 2. The zero-order valence-electron chi connectivity index (χ0n) is 11.1. The van der Waals surface area contributed by atoms with Gasteiger partial charge in [-0.15, -0.1) is 0 Å². The second kappa shape index (κ2) is 7.50. The molecular formula is C12H24N2O3. The van der Waals surface area contributed by atoms with Crippen LogP contribution < -0.4 is 0 Å². The number of methoxy groups -OCH3 is 1. The van der Waals surface area contributed by atoms with E-state index in [1.165, 1.54) is 0 Å². The average molecular weight is 244 g/mol. The summed E-state index contributed by atoms with van der Waals surface area (Å²) in [4.78, 5) is 16.1. The minimum absolute atomic E-state index is 0.111. The summed E-state index contributed by atoms with van der Waals surface area (Å²) < 4.78 is 10.3. The second-order valence-corrected chi connectivity index (χ2v) is 4.33. The zero-order valence-corrected chi connectivity index (χ0v) is 11.1. The quantitative estimate of drug-likeness (QED) is 0.729. The Hall–Kier alpha value is -0.810. The normalized spacial score (nSPS) is 17.9. The first-order valence-electron chi connectivity index (χ1n) is 6.33. The molecule has 0 N–H and O–H groups in total. The Balaban J connectivity index is 2.56. The third-order valence-electron chi connectivity index (χ3n) is 3.19. The van der Waals surface area contributed by atoms with Crippen molar-refractivity contribution in [3.63, 3.8) is 0 Å². The van der Waals surface area contributed by atoms with Gasteiger partial charge in [-0.05, 0) is 13.3 Å². The van der Waals surface area contributed by atoms with Crippen LogP contribution in [0.4, 0.5) is 4.79 Å². The number of carbonyl (C=O) groups is 1. The molecule has 5 heteroatoms. The van der Waals surface area contributed by atoms with Gasteiger partial charge in [0.05, 0.1) is 19.8 Å². The molecule has 1 saturated heterocycles. The zero-order chi connectivity index (χ0) is 12.7. The number of urea groups is 1. The fourth-order valence-corrected chi connectivity index (χ4v) is 1.85. The standard InChI is InChI=1S/C12H24N2O3/c1-4-11(2)14(7-8-16-3)12(15)13-5-9-17-10-6-13/h11H,4-10H2,1-3H3. The Labute approximate surface area is 104 Å². The van der Waals surface area contributed by atoms with Gasteiger partial charge in [-0.3, -0.25) is 0 Å². The van der Waals surface area contributed by atoms with Crippen LogP contribution in [0.25, 0.3) is 0 Å². The predicted octanol–water partition coefficient (Wildman–Crippen LogP) is 1.19. The van der Waals surface area contributed by atoms with Crippen LogP contribution in [0.2, 0.25) is 0 Å². The molecule has 1 fully saturated rings. The minimum atomic E-state index is 0.111. The minimum Gasteiger partial charge on any atom is -0.383 e. The average Bonchev–Trinajstić information content (AvgIpc) is 2.39. The molecule has 1 rings (SSSR count). The maximum absolute atomic E-state index is 12.3. The van der Waals surface area contributed by atoms with Crippen molar-refractivity contribution in [1.82, 2.24) is 9.80 Å². The number of carbonyl (C=O) groups excluding carboxylic acids is 1. The topological polar surface area (TPSA) is 42.0 Å². The molecule has 0 spiro atoms. The molecule has 0 saturated carbocycles. The fraction of sp³-hybridized carbons (Fsp3) is 0.917. The van der Waals surface area contributed by atoms with Gasteiger partial charge >= 0.3 is 6.03 Å². The van der Waals surface area contributed by atoms with Crippen molar-refractivity contribution < 1.29 is 14.3 Å². The first kappa shape index (κ1) is 14.3. The third kappa shape index (κ3) is 4.16. The first-order valence-corrected chi connectivity index (χ1v) is 6.33. The van der Waals surface area contributed by atoms with Gasteiger partial charge in [0.15, 0.2) is 0 Å². The maximum Gasteiger partial charge on any atom is 0.320 e. The molecule has 1 aliphatic heterocycles. The van der Waals surface area contributed by atoms with Crippen LogP contribution >= 0.6 is 0 Å². The van der Waals surface area contributed by atoms with Gasteiger partial charge in [0.25, 0.3) is 0 Å². The van der Waals surface area contributed by atoms with Gasteiger partial charge in [-0.1, -0.05) is 6.92 Å². The maximum atomic E-state index is 12.3. The summed E-state index contributed by atoms with van der Waals surface area (Å²) in [5.74, 6) is 0. The Kier molecular flexibility index (Phi) is 6.29. The molecular weight excluding hydrogens is 220 g/mol. The summed E-state index contributed by atoms with van der Waals surface area (Å²) in [6.07, 6.45) is 0.958. The molecule has 17 heavy (non-hydrogen) atoms.